The van der Waals surface area contributed by atoms with E-state index in [-0.39, 0.29) is 18.0 Å². The largest absolute Gasteiger partial charge is 0.348 e. The average molecular weight is 265 g/mol. The highest BCUT2D eigenvalue weighted by Crippen LogP contribution is 2.16. The Morgan fingerprint density at radius 3 is 2.79 bits per heavy atom. The third-order valence-electron chi connectivity index (χ3n) is 2.52. The van der Waals surface area contributed by atoms with Crippen LogP contribution >= 0.6 is 0 Å². The Balaban J connectivity index is 2.93. The molecule has 0 aliphatic heterocycles. The smallest absolute Gasteiger partial charge is 0.273 e. The molecule has 1 rings (SSSR count). The summed E-state index contributed by atoms with van der Waals surface area (Å²) in [5.41, 5.74) is -0.624. The molecule has 1 aromatic rings. The molecule has 0 aliphatic carbocycles. The minimum absolute atomic E-state index is 0.125. The second kappa shape index (κ2) is 6.44. The minimum Gasteiger partial charge on any atom is -0.348 e. The zero-order valence-electron chi connectivity index (χ0n) is 10.2. The summed E-state index contributed by atoms with van der Waals surface area (Å²) in [6, 6.07) is 4.21. The molecule has 0 aliphatic rings. The van der Waals surface area contributed by atoms with Gasteiger partial charge in [-0.25, -0.2) is 4.39 Å². The minimum atomic E-state index is -0.854. The van der Waals surface area contributed by atoms with Gasteiger partial charge < -0.3 is 5.32 Å². The van der Waals surface area contributed by atoms with Crippen molar-refractivity contribution >= 4 is 11.6 Å². The van der Waals surface area contributed by atoms with Crippen molar-refractivity contribution in [2.24, 2.45) is 0 Å². The van der Waals surface area contributed by atoms with Crippen LogP contribution in [0.15, 0.2) is 18.2 Å². The lowest BCUT2D eigenvalue weighted by molar-refractivity contribution is -0.385. The first-order valence-electron chi connectivity index (χ1n) is 5.60. The van der Waals surface area contributed by atoms with Gasteiger partial charge >= 0.3 is 0 Å². The summed E-state index contributed by atoms with van der Waals surface area (Å²) in [4.78, 5) is 21.6. The van der Waals surface area contributed by atoms with Gasteiger partial charge in [-0.05, 0) is 12.5 Å². The summed E-state index contributed by atoms with van der Waals surface area (Å²) in [6.45, 7) is 1.79. The van der Waals surface area contributed by atoms with Crippen molar-refractivity contribution < 1.29 is 14.1 Å². The fraction of sp³-hybridized carbons (Fsp3) is 0.333. The van der Waals surface area contributed by atoms with Crippen LogP contribution in [-0.4, -0.2) is 16.9 Å². The molecule has 0 aromatic heterocycles. The standard InChI is InChI=1S/C12H12FN3O3/c1-2-10(3-4-14)15-12(17)8-5-9(13)7-11(6-8)16(18)19/h5-7,10H,2-3H2,1H3,(H,15,17). The van der Waals surface area contributed by atoms with E-state index in [2.05, 4.69) is 5.32 Å². The second-order valence-corrected chi connectivity index (χ2v) is 3.90. The first-order chi connectivity index (χ1) is 8.97. The molecular formula is C12H12FN3O3. The average Bonchev–Trinajstić information content (AvgIpc) is 2.37. The van der Waals surface area contributed by atoms with Crippen molar-refractivity contribution in [2.45, 2.75) is 25.8 Å². The first-order valence-corrected chi connectivity index (χ1v) is 5.60. The summed E-state index contributed by atoms with van der Waals surface area (Å²) in [6.07, 6.45) is 0.663. The Kier molecular flexibility index (Phi) is 4.94. The molecule has 0 spiro atoms. The molecule has 0 radical (unpaired) electrons. The molecule has 1 N–H and O–H groups in total. The number of hydrogen-bond acceptors (Lipinski definition) is 4. The first kappa shape index (κ1) is 14.6. The molecule has 0 bridgehead atoms. The SMILES string of the molecule is CCC(CC#N)NC(=O)c1cc(F)cc([N+](=O)[O-])c1. The van der Waals surface area contributed by atoms with Crippen LogP contribution < -0.4 is 5.32 Å². The molecule has 6 nitrogen and oxygen atoms in total. The molecule has 0 heterocycles. The van der Waals surface area contributed by atoms with E-state index in [1.165, 1.54) is 0 Å². The van der Waals surface area contributed by atoms with Gasteiger partial charge in [0.15, 0.2) is 0 Å². The zero-order valence-corrected chi connectivity index (χ0v) is 10.2. The number of benzene rings is 1. The van der Waals surface area contributed by atoms with Gasteiger partial charge in [-0.1, -0.05) is 6.92 Å². The number of carbonyl (C=O) groups is 1. The number of amides is 1. The molecule has 100 valence electrons. The number of hydrogen-bond donors (Lipinski definition) is 1. The topological polar surface area (TPSA) is 96.0 Å². The van der Waals surface area contributed by atoms with Crippen LogP contribution in [0.3, 0.4) is 0 Å². The van der Waals surface area contributed by atoms with Gasteiger partial charge in [0.25, 0.3) is 11.6 Å². The van der Waals surface area contributed by atoms with Crippen LogP contribution in [-0.2, 0) is 0 Å². The van der Waals surface area contributed by atoms with Gasteiger partial charge in [-0.15, -0.1) is 0 Å². The maximum absolute atomic E-state index is 13.2. The van der Waals surface area contributed by atoms with Crippen LogP contribution in [0.5, 0.6) is 0 Å². The maximum Gasteiger partial charge on any atom is 0.273 e. The molecule has 1 atom stereocenters. The molecular weight excluding hydrogens is 253 g/mol. The lowest BCUT2D eigenvalue weighted by Crippen LogP contribution is -2.34. The van der Waals surface area contributed by atoms with Crippen molar-refractivity contribution in [3.63, 3.8) is 0 Å². The number of non-ortho nitro benzene ring substituents is 1. The van der Waals surface area contributed by atoms with Crippen LogP contribution in [0.1, 0.15) is 30.1 Å². The molecule has 0 saturated heterocycles. The highest BCUT2D eigenvalue weighted by molar-refractivity contribution is 5.95. The van der Waals surface area contributed by atoms with Crippen LogP contribution in [0.25, 0.3) is 0 Å². The summed E-state index contributed by atoms with van der Waals surface area (Å²) in [7, 11) is 0. The number of rotatable bonds is 5. The van der Waals surface area contributed by atoms with E-state index in [1.54, 1.807) is 6.92 Å². The van der Waals surface area contributed by atoms with Crippen LogP contribution in [0, 0.1) is 27.3 Å². The third kappa shape index (κ3) is 4.03. The fourth-order valence-electron chi connectivity index (χ4n) is 1.49. The monoisotopic (exact) mass is 265 g/mol. The Hall–Kier alpha value is -2.49. The van der Waals surface area contributed by atoms with Crippen LogP contribution in [0.2, 0.25) is 0 Å². The summed E-state index contributed by atoms with van der Waals surface area (Å²) in [5.74, 6) is -1.49. The van der Waals surface area contributed by atoms with E-state index in [1.807, 2.05) is 6.07 Å². The van der Waals surface area contributed by atoms with E-state index in [4.69, 9.17) is 5.26 Å². The van der Waals surface area contributed by atoms with Crippen molar-refractivity contribution in [1.29, 1.82) is 5.26 Å². The van der Waals surface area contributed by atoms with Gasteiger partial charge in [0.1, 0.15) is 5.82 Å². The number of nitriles is 1. The Morgan fingerprint density at radius 2 is 2.26 bits per heavy atom. The van der Waals surface area contributed by atoms with Crippen LogP contribution in [0.4, 0.5) is 10.1 Å². The predicted octanol–water partition coefficient (Wildman–Crippen LogP) is 2.16. The molecule has 0 fully saturated rings. The van der Waals surface area contributed by atoms with E-state index in [0.717, 1.165) is 18.2 Å². The second-order valence-electron chi connectivity index (χ2n) is 3.90. The number of halogens is 1. The number of carbonyl (C=O) groups excluding carboxylic acids is 1. The third-order valence-corrected chi connectivity index (χ3v) is 2.52. The summed E-state index contributed by atoms with van der Waals surface area (Å²) in [5, 5.41) is 21.7. The van der Waals surface area contributed by atoms with Crippen molar-refractivity contribution in [1.82, 2.24) is 5.32 Å². The highest BCUT2D eigenvalue weighted by Gasteiger charge is 2.17. The van der Waals surface area contributed by atoms with E-state index in [0.29, 0.717) is 6.42 Å². The lowest BCUT2D eigenvalue weighted by Gasteiger charge is -2.13. The predicted molar refractivity (Wildman–Crippen MR) is 64.8 cm³/mol. The van der Waals surface area contributed by atoms with Gasteiger partial charge in [0.05, 0.1) is 23.5 Å². The normalized spacial score (nSPS) is 11.4. The van der Waals surface area contributed by atoms with E-state index < -0.39 is 22.3 Å². The van der Waals surface area contributed by atoms with Gasteiger partial charge in [-0.3, -0.25) is 14.9 Å². The van der Waals surface area contributed by atoms with Gasteiger partial charge in [-0.2, -0.15) is 5.26 Å². The number of nitrogens with zero attached hydrogens (tertiary/aromatic N) is 2. The number of nitro benzene ring substituents is 1. The molecule has 0 saturated carbocycles. The highest BCUT2D eigenvalue weighted by atomic mass is 19.1. The summed E-state index contributed by atoms with van der Waals surface area (Å²) >= 11 is 0. The Morgan fingerprint density at radius 1 is 1.58 bits per heavy atom. The summed E-state index contributed by atoms with van der Waals surface area (Å²) < 4.78 is 13.2. The molecule has 19 heavy (non-hydrogen) atoms. The molecule has 1 unspecified atom stereocenters. The molecule has 1 amide bonds. The maximum atomic E-state index is 13.2. The van der Waals surface area contributed by atoms with E-state index in [9.17, 15) is 19.3 Å². The Labute approximate surface area is 109 Å². The number of nitrogens with one attached hydrogen (secondary N) is 1. The molecule has 7 heteroatoms. The van der Waals surface area contributed by atoms with Gasteiger partial charge in [0, 0.05) is 17.7 Å². The van der Waals surface area contributed by atoms with Gasteiger partial charge in [0.2, 0.25) is 0 Å². The van der Waals surface area contributed by atoms with Crippen molar-refractivity contribution in [2.75, 3.05) is 0 Å². The molecule has 1 aromatic carbocycles. The zero-order chi connectivity index (χ0) is 14.4. The number of nitro groups is 1. The Bertz CT molecular complexity index is 540. The fourth-order valence-corrected chi connectivity index (χ4v) is 1.49. The lowest BCUT2D eigenvalue weighted by atomic mass is 10.1. The quantitative estimate of drug-likeness (QED) is 0.651. The van der Waals surface area contributed by atoms with Crippen molar-refractivity contribution in [3.8, 4) is 6.07 Å². The van der Waals surface area contributed by atoms with E-state index >= 15 is 0 Å². The van der Waals surface area contributed by atoms with Crippen molar-refractivity contribution in [3.05, 3.63) is 39.7 Å².